The first-order valence-electron chi connectivity index (χ1n) is 13.1. The lowest BCUT2D eigenvalue weighted by molar-refractivity contribution is -0.138. The lowest BCUT2D eigenvalue weighted by atomic mass is 9.97. The third-order valence-electron chi connectivity index (χ3n) is 7.96. The van der Waals surface area contributed by atoms with Gasteiger partial charge in [-0.3, -0.25) is 28.4 Å². The van der Waals surface area contributed by atoms with E-state index in [4.69, 9.17) is 24.3 Å². The van der Waals surface area contributed by atoms with Crippen LogP contribution in [0.25, 0.3) is 16.8 Å². The summed E-state index contributed by atoms with van der Waals surface area (Å²) in [7, 11) is -4.94. The van der Waals surface area contributed by atoms with Gasteiger partial charge in [0.25, 0.3) is 5.56 Å². The molecule has 1 aliphatic carbocycles. The molecule has 3 fully saturated rings. The van der Waals surface area contributed by atoms with Crippen LogP contribution >= 0.6 is 7.82 Å². The van der Waals surface area contributed by atoms with Crippen LogP contribution in [0.5, 0.6) is 0 Å². The van der Waals surface area contributed by atoms with Gasteiger partial charge in [-0.1, -0.05) is 0 Å². The molecule has 2 aliphatic heterocycles. The van der Waals surface area contributed by atoms with Crippen LogP contribution in [0.3, 0.4) is 0 Å². The molecule has 2 saturated heterocycles. The van der Waals surface area contributed by atoms with Gasteiger partial charge in [-0.15, -0.1) is 0 Å². The van der Waals surface area contributed by atoms with Gasteiger partial charge in [-0.2, -0.15) is 14.6 Å². The molecule has 21 heteroatoms. The second kappa shape index (κ2) is 10.3. The minimum absolute atomic E-state index is 0.0523. The van der Waals surface area contributed by atoms with Gasteiger partial charge in [0.15, 0.2) is 23.0 Å². The maximum atomic E-state index is 13.1. The number of aromatic amines is 2. The molecule has 6 heterocycles. The highest BCUT2D eigenvalue weighted by Crippen LogP contribution is 2.56. The molecule has 0 spiro atoms. The number of hydrogen-bond donors (Lipinski definition) is 7. The van der Waals surface area contributed by atoms with Crippen LogP contribution in [0, 0.1) is 11.8 Å². The molecule has 7 rings (SSSR count). The number of imidazole rings is 1. The number of nitrogens with zero attached hydrogens (tertiary/aromatic N) is 6. The predicted octanol–water partition coefficient (Wildman–Crippen LogP) is -2.68. The fourth-order valence-electron chi connectivity index (χ4n) is 5.80. The number of fused-ring (bicyclic) bond motifs is 3. The first-order valence-corrected chi connectivity index (χ1v) is 14.6. The standard InChI is InChI=1S/C22H26N9O11P/c23-21-28-18-12(19(35)29-21)26-6-30(18)20-16(14(34)10(3-32)41-20)42-43(37,38)39-4-11-7-1-8(7)13(33)15(40-11)9-2-27-31-17(9)24-5-25-22(31)36/h2,5-8,10-11,13-16,20,32-34H,1,3-4H2,(H,37,38)(H,24,25,36)(H3,23,28,29,35)/t7-,8?,10-,11-,13?,14?,15+,16?,20-/m1/s1. The number of nitrogens with two attached hydrogens (primary N) is 1. The number of H-pyrrole nitrogens is 2. The number of aliphatic hydroxyl groups excluding tert-OH is 3. The van der Waals surface area contributed by atoms with E-state index in [0.29, 0.717) is 12.0 Å². The summed E-state index contributed by atoms with van der Waals surface area (Å²) in [5, 5.41) is 35.3. The molecule has 8 N–H and O–H groups in total. The third-order valence-corrected chi connectivity index (χ3v) is 8.94. The first kappa shape index (κ1) is 28.2. The molecule has 0 amide bonds. The number of rotatable bonds is 8. The van der Waals surface area contributed by atoms with E-state index in [0.717, 1.165) is 10.8 Å². The number of ether oxygens (including phenoxy) is 2. The molecule has 4 aromatic heterocycles. The molecule has 0 bridgehead atoms. The van der Waals surface area contributed by atoms with E-state index in [-0.39, 0.29) is 34.6 Å². The highest BCUT2D eigenvalue weighted by Gasteiger charge is 2.56. The highest BCUT2D eigenvalue weighted by molar-refractivity contribution is 7.47. The van der Waals surface area contributed by atoms with E-state index in [1.165, 1.54) is 17.1 Å². The Kier molecular flexibility index (Phi) is 6.72. The van der Waals surface area contributed by atoms with Gasteiger partial charge >= 0.3 is 13.5 Å². The number of aliphatic hydroxyl groups is 3. The second-order valence-electron chi connectivity index (χ2n) is 10.5. The largest absolute Gasteiger partial charge is 0.472 e. The van der Waals surface area contributed by atoms with E-state index in [1.54, 1.807) is 0 Å². The molecular formula is C22H26N9O11P. The summed E-state index contributed by atoms with van der Waals surface area (Å²) < 4.78 is 37.8. The van der Waals surface area contributed by atoms with Crippen LogP contribution in [0.4, 0.5) is 5.95 Å². The molecule has 43 heavy (non-hydrogen) atoms. The minimum Gasteiger partial charge on any atom is -0.394 e. The summed E-state index contributed by atoms with van der Waals surface area (Å²) in [5.41, 5.74) is 4.86. The summed E-state index contributed by atoms with van der Waals surface area (Å²) in [6, 6.07) is 0. The van der Waals surface area contributed by atoms with Crippen LogP contribution in [-0.4, -0.2) is 103 Å². The monoisotopic (exact) mass is 623 g/mol. The smallest absolute Gasteiger partial charge is 0.394 e. The summed E-state index contributed by atoms with van der Waals surface area (Å²) in [6.45, 7) is -1.09. The molecule has 5 unspecified atom stereocenters. The lowest BCUT2D eigenvalue weighted by Crippen LogP contribution is -2.38. The average molecular weight is 623 g/mol. The molecule has 20 nitrogen and oxygen atoms in total. The first-order chi connectivity index (χ1) is 20.6. The molecule has 4 aromatic rings. The summed E-state index contributed by atoms with van der Waals surface area (Å²) in [6.07, 6.45) is -4.11. The van der Waals surface area contributed by atoms with Gasteiger partial charge in [-0.25, -0.2) is 19.3 Å². The third kappa shape index (κ3) is 4.76. The maximum absolute atomic E-state index is 13.1. The zero-order valence-corrected chi connectivity index (χ0v) is 22.8. The number of phosphoric ester groups is 1. The number of anilines is 1. The zero-order valence-electron chi connectivity index (χ0n) is 21.9. The van der Waals surface area contributed by atoms with Gasteiger partial charge in [0, 0.05) is 5.56 Å². The zero-order chi connectivity index (χ0) is 30.2. The number of phosphoric acid groups is 1. The van der Waals surface area contributed by atoms with Crippen molar-refractivity contribution in [3.8, 4) is 0 Å². The molecule has 230 valence electrons. The van der Waals surface area contributed by atoms with Crippen molar-refractivity contribution in [1.82, 2.24) is 39.1 Å². The van der Waals surface area contributed by atoms with Gasteiger partial charge in [-0.05, 0) is 18.3 Å². The fraction of sp³-hybridized carbons (Fsp3) is 0.545. The van der Waals surface area contributed by atoms with Crippen LogP contribution in [0.15, 0.2) is 28.4 Å². The van der Waals surface area contributed by atoms with Gasteiger partial charge < -0.3 is 35.4 Å². The van der Waals surface area contributed by atoms with Crippen molar-refractivity contribution >= 4 is 30.6 Å². The Hall–Kier alpha value is -3.59. The molecule has 0 radical (unpaired) electrons. The van der Waals surface area contributed by atoms with Crippen molar-refractivity contribution in [1.29, 1.82) is 0 Å². The normalized spacial score (nSPS) is 33.5. The lowest BCUT2D eigenvalue weighted by Gasteiger charge is -2.33. The van der Waals surface area contributed by atoms with Crippen LogP contribution in [0.1, 0.15) is 24.3 Å². The topological polar surface area (TPSA) is 288 Å². The van der Waals surface area contributed by atoms with E-state index in [2.05, 4.69) is 30.0 Å². The number of hydrogen-bond acceptors (Lipinski definition) is 15. The van der Waals surface area contributed by atoms with Crippen molar-refractivity contribution in [2.24, 2.45) is 11.8 Å². The molecule has 1 saturated carbocycles. The molecule has 3 aliphatic rings. The summed E-state index contributed by atoms with van der Waals surface area (Å²) in [4.78, 5) is 51.7. The molecule has 10 atom stereocenters. The maximum Gasteiger partial charge on any atom is 0.472 e. The van der Waals surface area contributed by atoms with Gasteiger partial charge in [0.1, 0.15) is 24.4 Å². The van der Waals surface area contributed by atoms with Crippen LogP contribution in [0.2, 0.25) is 0 Å². The van der Waals surface area contributed by atoms with Crippen LogP contribution < -0.4 is 17.0 Å². The van der Waals surface area contributed by atoms with Gasteiger partial charge in [0.05, 0.1) is 44.3 Å². The Morgan fingerprint density at radius 3 is 2.74 bits per heavy atom. The predicted molar refractivity (Wildman–Crippen MR) is 139 cm³/mol. The Morgan fingerprint density at radius 1 is 1.14 bits per heavy atom. The number of aromatic nitrogens is 8. The average Bonchev–Trinajstić information content (AvgIpc) is 3.33. The number of nitrogen functional groups attached to an aromatic ring is 1. The van der Waals surface area contributed by atoms with Gasteiger partial charge in [0.2, 0.25) is 5.95 Å². The summed E-state index contributed by atoms with van der Waals surface area (Å²) >= 11 is 0. The molecular weight excluding hydrogens is 597 g/mol. The number of nitrogens with one attached hydrogen (secondary N) is 2. The van der Waals surface area contributed by atoms with Crippen molar-refractivity contribution < 1.29 is 43.3 Å². The quantitative estimate of drug-likeness (QED) is 0.0984. The minimum atomic E-state index is -4.94. The van der Waals surface area contributed by atoms with Crippen molar-refractivity contribution in [2.45, 2.75) is 49.3 Å². The van der Waals surface area contributed by atoms with Crippen molar-refractivity contribution in [3.63, 3.8) is 0 Å². The Bertz CT molecular complexity index is 1860. The summed E-state index contributed by atoms with van der Waals surface area (Å²) in [5.74, 6) is -0.602. The Labute approximate surface area is 238 Å². The van der Waals surface area contributed by atoms with Crippen molar-refractivity contribution in [2.75, 3.05) is 18.9 Å². The Morgan fingerprint density at radius 2 is 1.95 bits per heavy atom. The van der Waals surface area contributed by atoms with Crippen LogP contribution in [-0.2, 0) is 23.1 Å². The molecule has 0 aromatic carbocycles. The SMILES string of the molecule is Nc1nc2c(ncn2[C@@H]2O[C@H](CO)C(O)C2OP(=O)(O)OC[C@H]2O[C@@H](c3cnn4c(=O)[nH]cnc34)C(O)C3C[C@H]32)c(=O)[nH]1. The second-order valence-corrected chi connectivity index (χ2v) is 11.9. The van der Waals surface area contributed by atoms with E-state index in [1.807, 2.05) is 0 Å². The van der Waals surface area contributed by atoms with E-state index >= 15 is 0 Å². The Balaban J connectivity index is 1.09. The highest BCUT2D eigenvalue weighted by atomic mass is 31.2. The van der Waals surface area contributed by atoms with E-state index in [9.17, 15) is 34.4 Å². The fourth-order valence-corrected chi connectivity index (χ4v) is 6.73. The van der Waals surface area contributed by atoms with Crippen molar-refractivity contribution in [3.05, 3.63) is 45.3 Å². The van der Waals surface area contributed by atoms with E-state index < -0.39 is 75.1 Å².